The number of halogens is 2. The molecule has 0 fully saturated rings. The molecule has 0 aromatic heterocycles. The number of nitrogens with zero attached hydrogens (tertiary/aromatic N) is 1. The molecule has 0 unspecified atom stereocenters. The molecule has 0 aliphatic carbocycles. The molecule has 22 heavy (non-hydrogen) atoms. The summed E-state index contributed by atoms with van der Waals surface area (Å²) in [5, 5.41) is 21.9. The number of nitrogens with one attached hydrogen (secondary N) is 1. The zero-order valence-corrected chi connectivity index (χ0v) is 13.5. The van der Waals surface area contributed by atoms with E-state index in [9.17, 15) is 9.90 Å². The number of hydrogen-bond donors (Lipinski definition) is 2. The maximum Gasteiger partial charge on any atom is 0.266 e. The molecule has 6 heteroatoms. The normalized spacial score (nSPS) is 10.9. The van der Waals surface area contributed by atoms with Crippen molar-refractivity contribution in [2.24, 2.45) is 0 Å². The predicted octanol–water partition coefficient (Wildman–Crippen LogP) is 4.35. The number of phenols is 1. The van der Waals surface area contributed by atoms with Crippen LogP contribution in [0.2, 0.25) is 5.02 Å². The topological polar surface area (TPSA) is 73.1 Å². The second kappa shape index (κ2) is 7.12. The van der Waals surface area contributed by atoms with Crippen LogP contribution in [0.5, 0.6) is 5.75 Å². The van der Waals surface area contributed by atoms with Gasteiger partial charge in [-0.1, -0.05) is 33.6 Å². The highest BCUT2D eigenvalue weighted by Crippen LogP contribution is 2.24. The third kappa shape index (κ3) is 4.10. The Kier molecular flexibility index (Phi) is 5.21. The first-order valence-electron chi connectivity index (χ1n) is 6.17. The average Bonchev–Trinajstić information content (AvgIpc) is 2.48. The van der Waals surface area contributed by atoms with Gasteiger partial charge in [0.05, 0.1) is 0 Å². The van der Waals surface area contributed by atoms with Crippen molar-refractivity contribution in [1.82, 2.24) is 0 Å². The number of benzene rings is 2. The first-order valence-corrected chi connectivity index (χ1v) is 7.34. The van der Waals surface area contributed by atoms with Crippen molar-refractivity contribution in [3.05, 3.63) is 63.1 Å². The van der Waals surface area contributed by atoms with Gasteiger partial charge in [-0.15, -0.1) is 0 Å². The number of amides is 1. The molecule has 2 aromatic rings. The first kappa shape index (κ1) is 16.1. The van der Waals surface area contributed by atoms with Crippen molar-refractivity contribution in [3.63, 3.8) is 0 Å². The highest BCUT2D eigenvalue weighted by atomic mass is 79.9. The van der Waals surface area contributed by atoms with E-state index in [2.05, 4.69) is 21.2 Å². The summed E-state index contributed by atoms with van der Waals surface area (Å²) in [5.74, 6) is -0.632. The number of phenolic OH excluding ortho intramolecular Hbond substituents is 1. The van der Waals surface area contributed by atoms with E-state index in [0.717, 1.165) is 4.47 Å². The number of carbonyl (C=O) groups is 1. The summed E-state index contributed by atoms with van der Waals surface area (Å²) in [6, 6.07) is 13.2. The Bertz CT molecular complexity index is 797. The number of aromatic hydroxyl groups is 1. The minimum absolute atomic E-state index is 0.0626. The molecule has 2 rings (SSSR count). The van der Waals surface area contributed by atoms with Crippen molar-refractivity contribution in [2.45, 2.75) is 0 Å². The van der Waals surface area contributed by atoms with Gasteiger partial charge in [0, 0.05) is 20.7 Å². The Morgan fingerprint density at radius 1 is 1.32 bits per heavy atom. The summed E-state index contributed by atoms with van der Waals surface area (Å²) in [6.45, 7) is 0. The SMILES string of the molecule is N#C/C(=C\c1cc(Cl)ccc1O)C(=O)Nc1cccc(Br)c1. The van der Waals surface area contributed by atoms with Gasteiger partial charge >= 0.3 is 0 Å². The van der Waals surface area contributed by atoms with Gasteiger partial charge in [0.25, 0.3) is 5.91 Å². The van der Waals surface area contributed by atoms with Crippen LogP contribution in [0.1, 0.15) is 5.56 Å². The summed E-state index contributed by atoms with van der Waals surface area (Å²) in [4.78, 5) is 12.1. The summed E-state index contributed by atoms with van der Waals surface area (Å²) in [7, 11) is 0. The predicted molar refractivity (Wildman–Crippen MR) is 89.5 cm³/mol. The Balaban J connectivity index is 2.28. The largest absolute Gasteiger partial charge is 0.507 e. The maximum absolute atomic E-state index is 12.1. The van der Waals surface area contributed by atoms with Gasteiger partial charge in [-0.05, 0) is 42.5 Å². The summed E-state index contributed by atoms with van der Waals surface area (Å²) in [6.07, 6.45) is 1.29. The van der Waals surface area contributed by atoms with Crippen molar-refractivity contribution >= 4 is 45.2 Å². The molecule has 0 bridgehead atoms. The zero-order chi connectivity index (χ0) is 16.1. The third-order valence-corrected chi connectivity index (χ3v) is 3.47. The molecule has 110 valence electrons. The Morgan fingerprint density at radius 3 is 2.77 bits per heavy atom. The van der Waals surface area contributed by atoms with Crippen LogP contribution in [-0.2, 0) is 4.79 Å². The van der Waals surface area contributed by atoms with E-state index in [0.29, 0.717) is 16.3 Å². The van der Waals surface area contributed by atoms with Crippen LogP contribution >= 0.6 is 27.5 Å². The molecule has 1 amide bonds. The molecule has 0 saturated carbocycles. The Hall–Kier alpha value is -2.29. The van der Waals surface area contributed by atoms with E-state index in [1.807, 2.05) is 12.1 Å². The van der Waals surface area contributed by atoms with Crippen LogP contribution in [0.3, 0.4) is 0 Å². The minimum Gasteiger partial charge on any atom is -0.507 e. The average molecular weight is 378 g/mol. The number of anilines is 1. The number of carbonyl (C=O) groups excluding carboxylic acids is 1. The molecular weight excluding hydrogens is 368 g/mol. The van der Waals surface area contributed by atoms with Gasteiger partial charge in [-0.25, -0.2) is 0 Å². The van der Waals surface area contributed by atoms with Gasteiger partial charge in [0.15, 0.2) is 0 Å². The number of rotatable bonds is 3. The highest BCUT2D eigenvalue weighted by molar-refractivity contribution is 9.10. The maximum atomic E-state index is 12.1. The fraction of sp³-hybridized carbons (Fsp3) is 0. The van der Waals surface area contributed by atoms with E-state index in [1.165, 1.54) is 24.3 Å². The fourth-order valence-corrected chi connectivity index (χ4v) is 2.29. The lowest BCUT2D eigenvalue weighted by Gasteiger charge is -2.05. The van der Waals surface area contributed by atoms with Crippen LogP contribution in [-0.4, -0.2) is 11.0 Å². The molecule has 4 nitrogen and oxygen atoms in total. The molecular formula is C16H10BrClN2O2. The molecule has 2 N–H and O–H groups in total. The van der Waals surface area contributed by atoms with Gasteiger partial charge in [-0.3, -0.25) is 4.79 Å². The minimum atomic E-state index is -0.569. The van der Waals surface area contributed by atoms with Crippen molar-refractivity contribution in [3.8, 4) is 11.8 Å². The van der Waals surface area contributed by atoms with Gasteiger partial charge in [0.1, 0.15) is 17.4 Å². The quantitative estimate of drug-likeness (QED) is 0.617. The van der Waals surface area contributed by atoms with Crippen LogP contribution in [0, 0.1) is 11.3 Å². The van der Waals surface area contributed by atoms with Gasteiger partial charge < -0.3 is 10.4 Å². The van der Waals surface area contributed by atoms with Crippen molar-refractivity contribution in [2.75, 3.05) is 5.32 Å². The second-order valence-corrected chi connectivity index (χ2v) is 5.69. The second-order valence-electron chi connectivity index (χ2n) is 4.34. The lowest BCUT2D eigenvalue weighted by atomic mass is 10.1. The van der Waals surface area contributed by atoms with E-state index in [1.54, 1.807) is 18.2 Å². The lowest BCUT2D eigenvalue weighted by molar-refractivity contribution is -0.112. The standard InChI is InChI=1S/C16H10BrClN2O2/c17-12-2-1-3-14(8-12)20-16(22)11(9-19)6-10-7-13(18)4-5-15(10)21/h1-8,21H,(H,20,22)/b11-6+. The monoisotopic (exact) mass is 376 g/mol. The Morgan fingerprint density at radius 2 is 2.09 bits per heavy atom. The van der Waals surface area contributed by atoms with E-state index >= 15 is 0 Å². The molecule has 0 aliphatic rings. The van der Waals surface area contributed by atoms with Crippen LogP contribution < -0.4 is 5.32 Å². The molecule has 0 heterocycles. The smallest absolute Gasteiger partial charge is 0.266 e. The summed E-state index contributed by atoms with van der Waals surface area (Å²) < 4.78 is 0.806. The molecule has 0 spiro atoms. The van der Waals surface area contributed by atoms with Crippen molar-refractivity contribution in [1.29, 1.82) is 5.26 Å². The summed E-state index contributed by atoms with van der Waals surface area (Å²) >= 11 is 9.14. The zero-order valence-electron chi connectivity index (χ0n) is 11.2. The number of nitriles is 1. The third-order valence-electron chi connectivity index (χ3n) is 2.74. The van der Waals surface area contributed by atoms with Crippen LogP contribution in [0.25, 0.3) is 6.08 Å². The molecule has 2 aromatic carbocycles. The van der Waals surface area contributed by atoms with Crippen LogP contribution in [0.15, 0.2) is 52.5 Å². The van der Waals surface area contributed by atoms with Crippen LogP contribution in [0.4, 0.5) is 5.69 Å². The highest BCUT2D eigenvalue weighted by Gasteiger charge is 2.11. The van der Waals surface area contributed by atoms with Crippen molar-refractivity contribution < 1.29 is 9.90 Å². The first-order chi connectivity index (χ1) is 10.5. The molecule has 0 aliphatic heterocycles. The Labute approximate surface area is 140 Å². The summed E-state index contributed by atoms with van der Waals surface area (Å²) in [5.41, 5.74) is 0.710. The van der Waals surface area contributed by atoms with E-state index in [-0.39, 0.29) is 11.3 Å². The number of hydrogen-bond acceptors (Lipinski definition) is 3. The van der Waals surface area contributed by atoms with E-state index in [4.69, 9.17) is 16.9 Å². The van der Waals surface area contributed by atoms with Gasteiger partial charge in [-0.2, -0.15) is 5.26 Å². The molecule has 0 atom stereocenters. The van der Waals surface area contributed by atoms with E-state index < -0.39 is 5.91 Å². The fourth-order valence-electron chi connectivity index (χ4n) is 1.71. The molecule has 0 saturated heterocycles. The van der Waals surface area contributed by atoms with Gasteiger partial charge in [0.2, 0.25) is 0 Å². The molecule has 0 radical (unpaired) electrons. The lowest BCUT2D eigenvalue weighted by Crippen LogP contribution is -2.13.